The van der Waals surface area contributed by atoms with Gasteiger partial charge < -0.3 is 5.11 Å². The van der Waals surface area contributed by atoms with Gasteiger partial charge >= 0.3 is 5.97 Å². The standard InChI is InChI=1S/C15H11NO2S/c1-9-3-2-4-10-7-13(19-14(9)10)12-6-5-11(8-16-12)15(17)18/h2-8H,1H3,(H,17,18). The molecule has 94 valence electrons. The van der Waals surface area contributed by atoms with E-state index in [2.05, 4.69) is 30.1 Å². The molecular weight excluding hydrogens is 258 g/mol. The average Bonchev–Trinajstić information content (AvgIpc) is 2.84. The van der Waals surface area contributed by atoms with Crippen LogP contribution < -0.4 is 0 Å². The highest BCUT2D eigenvalue weighted by Gasteiger charge is 2.08. The van der Waals surface area contributed by atoms with Gasteiger partial charge in [0.15, 0.2) is 0 Å². The van der Waals surface area contributed by atoms with Crippen LogP contribution in [-0.2, 0) is 0 Å². The zero-order valence-electron chi connectivity index (χ0n) is 10.3. The predicted molar refractivity (Wildman–Crippen MR) is 76.8 cm³/mol. The van der Waals surface area contributed by atoms with E-state index < -0.39 is 5.97 Å². The number of carboxylic acid groups (broad SMARTS) is 1. The normalized spacial score (nSPS) is 10.8. The Labute approximate surface area is 114 Å². The second kappa shape index (κ2) is 4.48. The van der Waals surface area contributed by atoms with Gasteiger partial charge in [-0.15, -0.1) is 11.3 Å². The maximum atomic E-state index is 10.8. The quantitative estimate of drug-likeness (QED) is 0.765. The lowest BCUT2D eigenvalue weighted by atomic mass is 10.1. The number of fused-ring (bicyclic) bond motifs is 1. The number of thiophene rings is 1. The van der Waals surface area contributed by atoms with Gasteiger partial charge in [-0.05, 0) is 36.1 Å². The molecule has 0 aliphatic heterocycles. The van der Waals surface area contributed by atoms with Crippen molar-refractivity contribution in [3.05, 3.63) is 53.7 Å². The highest BCUT2D eigenvalue weighted by atomic mass is 32.1. The topological polar surface area (TPSA) is 50.2 Å². The SMILES string of the molecule is Cc1cccc2cc(-c3ccc(C(=O)O)cn3)sc12. The summed E-state index contributed by atoms with van der Waals surface area (Å²) in [7, 11) is 0. The lowest BCUT2D eigenvalue weighted by Crippen LogP contribution is -1.96. The molecule has 4 heteroatoms. The first-order chi connectivity index (χ1) is 9.15. The summed E-state index contributed by atoms with van der Waals surface area (Å²) in [6, 6.07) is 11.6. The van der Waals surface area contributed by atoms with Gasteiger partial charge in [-0.1, -0.05) is 18.2 Å². The fraction of sp³-hybridized carbons (Fsp3) is 0.0667. The fourth-order valence-corrected chi connectivity index (χ4v) is 3.11. The molecule has 1 N–H and O–H groups in total. The first-order valence-electron chi connectivity index (χ1n) is 5.84. The largest absolute Gasteiger partial charge is 0.478 e. The Kier molecular flexibility index (Phi) is 2.80. The molecule has 0 saturated carbocycles. The van der Waals surface area contributed by atoms with Crippen LogP contribution in [0.25, 0.3) is 20.7 Å². The molecule has 0 saturated heterocycles. The molecule has 0 amide bonds. The van der Waals surface area contributed by atoms with E-state index in [1.54, 1.807) is 23.5 Å². The molecule has 3 rings (SSSR count). The molecule has 2 heterocycles. The second-order valence-electron chi connectivity index (χ2n) is 4.34. The van der Waals surface area contributed by atoms with Crippen molar-refractivity contribution in [3.63, 3.8) is 0 Å². The van der Waals surface area contributed by atoms with Crippen LogP contribution in [0.5, 0.6) is 0 Å². The number of nitrogens with zero attached hydrogens (tertiary/aromatic N) is 1. The van der Waals surface area contributed by atoms with E-state index in [0.717, 1.165) is 10.6 Å². The third kappa shape index (κ3) is 2.11. The van der Waals surface area contributed by atoms with Gasteiger partial charge in [-0.2, -0.15) is 0 Å². The number of hydrogen-bond donors (Lipinski definition) is 1. The third-order valence-electron chi connectivity index (χ3n) is 3.00. The molecule has 0 unspecified atom stereocenters. The number of rotatable bonds is 2. The van der Waals surface area contributed by atoms with Crippen molar-refractivity contribution in [2.45, 2.75) is 6.92 Å². The summed E-state index contributed by atoms with van der Waals surface area (Å²) in [5, 5.41) is 10.1. The zero-order valence-corrected chi connectivity index (χ0v) is 11.1. The van der Waals surface area contributed by atoms with E-state index in [1.807, 2.05) is 6.07 Å². The van der Waals surface area contributed by atoms with Crippen molar-refractivity contribution in [2.75, 3.05) is 0 Å². The second-order valence-corrected chi connectivity index (χ2v) is 5.39. The smallest absolute Gasteiger partial charge is 0.337 e. The molecule has 2 aromatic heterocycles. The number of aromatic nitrogens is 1. The third-order valence-corrected chi connectivity index (χ3v) is 4.31. The minimum Gasteiger partial charge on any atom is -0.478 e. The van der Waals surface area contributed by atoms with Crippen LogP contribution in [0.2, 0.25) is 0 Å². The summed E-state index contributed by atoms with van der Waals surface area (Å²) in [6.07, 6.45) is 1.40. The van der Waals surface area contributed by atoms with Gasteiger partial charge in [0.1, 0.15) is 0 Å². The van der Waals surface area contributed by atoms with E-state index in [-0.39, 0.29) is 5.56 Å². The molecule has 0 bridgehead atoms. The molecule has 3 aromatic rings. The molecule has 3 nitrogen and oxygen atoms in total. The van der Waals surface area contributed by atoms with E-state index in [1.165, 1.54) is 21.8 Å². The summed E-state index contributed by atoms with van der Waals surface area (Å²) >= 11 is 1.68. The molecule has 1 aromatic carbocycles. The summed E-state index contributed by atoms with van der Waals surface area (Å²) < 4.78 is 1.25. The van der Waals surface area contributed by atoms with Crippen molar-refractivity contribution in [1.29, 1.82) is 0 Å². The summed E-state index contributed by atoms with van der Waals surface area (Å²) in [4.78, 5) is 16.1. The molecule has 0 aliphatic carbocycles. The van der Waals surface area contributed by atoms with Gasteiger partial charge in [0, 0.05) is 10.9 Å². The minimum absolute atomic E-state index is 0.209. The predicted octanol–water partition coefficient (Wildman–Crippen LogP) is 3.97. The van der Waals surface area contributed by atoms with Gasteiger partial charge in [0.25, 0.3) is 0 Å². The molecular formula is C15H11NO2S. The number of benzene rings is 1. The Morgan fingerprint density at radius 1 is 1.26 bits per heavy atom. The highest BCUT2D eigenvalue weighted by Crippen LogP contribution is 2.34. The summed E-state index contributed by atoms with van der Waals surface area (Å²) in [6.45, 7) is 2.09. The number of aromatic carboxylic acids is 1. The Morgan fingerprint density at radius 3 is 2.74 bits per heavy atom. The van der Waals surface area contributed by atoms with Gasteiger partial charge in [0.05, 0.1) is 16.1 Å². The van der Waals surface area contributed by atoms with Crippen LogP contribution in [0.15, 0.2) is 42.6 Å². The number of pyridine rings is 1. The zero-order chi connectivity index (χ0) is 13.4. The van der Waals surface area contributed by atoms with Crippen molar-refractivity contribution in [3.8, 4) is 10.6 Å². The van der Waals surface area contributed by atoms with E-state index >= 15 is 0 Å². The van der Waals surface area contributed by atoms with Crippen molar-refractivity contribution < 1.29 is 9.90 Å². The Balaban J connectivity index is 2.09. The number of carboxylic acids is 1. The maximum absolute atomic E-state index is 10.8. The molecule has 0 spiro atoms. The molecule has 0 aliphatic rings. The van der Waals surface area contributed by atoms with Crippen LogP contribution in [0.3, 0.4) is 0 Å². The first kappa shape index (κ1) is 11.9. The molecule has 19 heavy (non-hydrogen) atoms. The van der Waals surface area contributed by atoms with Crippen LogP contribution in [0.4, 0.5) is 0 Å². The number of carbonyl (C=O) groups is 1. The van der Waals surface area contributed by atoms with Gasteiger partial charge in [-0.3, -0.25) is 4.98 Å². The maximum Gasteiger partial charge on any atom is 0.337 e. The Bertz CT molecular complexity index is 759. The van der Waals surface area contributed by atoms with Gasteiger partial charge in [0.2, 0.25) is 0 Å². The summed E-state index contributed by atoms with van der Waals surface area (Å²) in [5.74, 6) is -0.953. The van der Waals surface area contributed by atoms with E-state index in [4.69, 9.17) is 5.11 Å². The highest BCUT2D eigenvalue weighted by molar-refractivity contribution is 7.22. The first-order valence-corrected chi connectivity index (χ1v) is 6.66. The van der Waals surface area contributed by atoms with Crippen LogP contribution in [-0.4, -0.2) is 16.1 Å². The van der Waals surface area contributed by atoms with Crippen LogP contribution in [0.1, 0.15) is 15.9 Å². The van der Waals surface area contributed by atoms with Crippen molar-refractivity contribution in [1.82, 2.24) is 4.98 Å². The van der Waals surface area contributed by atoms with Crippen LogP contribution in [0, 0.1) is 6.92 Å². The molecule has 0 radical (unpaired) electrons. The Hall–Kier alpha value is -2.20. The minimum atomic E-state index is -0.953. The number of hydrogen-bond acceptors (Lipinski definition) is 3. The molecule has 0 fully saturated rings. The molecule has 0 atom stereocenters. The van der Waals surface area contributed by atoms with E-state index in [0.29, 0.717) is 0 Å². The van der Waals surface area contributed by atoms with Crippen LogP contribution >= 0.6 is 11.3 Å². The summed E-state index contributed by atoms with van der Waals surface area (Å²) in [5.41, 5.74) is 2.27. The Morgan fingerprint density at radius 2 is 2.11 bits per heavy atom. The number of aryl methyl sites for hydroxylation is 1. The monoisotopic (exact) mass is 269 g/mol. The fourth-order valence-electron chi connectivity index (χ4n) is 2.00. The van der Waals surface area contributed by atoms with Crippen molar-refractivity contribution >= 4 is 27.4 Å². The lowest BCUT2D eigenvalue weighted by molar-refractivity contribution is 0.0696. The van der Waals surface area contributed by atoms with Gasteiger partial charge in [-0.25, -0.2) is 4.79 Å². The lowest BCUT2D eigenvalue weighted by Gasteiger charge is -1.97. The average molecular weight is 269 g/mol. The van der Waals surface area contributed by atoms with E-state index in [9.17, 15) is 4.79 Å². The van der Waals surface area contributed by atoms with Crippen molar-refractivity contribution in [2.24, 2.45) is 0 Å².